The van der Waals surface area contributed by atoms with E-state index in [2.05, 4.69) is 21.9 Å². The van der Waals surface area contributed by atoms with Crippen molar-refractivity contribution < 1.29 is 19.1 Å². The van der Waals surface area contributed by atoms with E-state index >= 15 is 0 Å². The van der Waals surface area contributed by atoms with E-state index in [4.69, 9.17) is 4.74 Å². The van der Waals surface area contributed by atoms with Crippen LogP contribution in [0.5, 0.6) is 0 Å². The average molecular weight is 412 g/mol. The van der Waals surface area contributed by atoms with Crippen molar-refractivity contribution in [2.24, 2.45) is 0 Å². The number of ether oxygens (including phenoxy) is 2. The lowest BCUT2D eigenvalue weighted by Gasteiger charge is -2.23. The van der Waals surface area contributed by atoms with Crippen LogP contribution in [0.2, 0.25) is 0 Å². The Morgan fingerprint density at radius 1 is 1.20 bits per heavy atom. The predicted molar refractivity (Wildman–Crippen MR) is 111 cm³/mol. The molecule has 0 aliphatic carbocycles. The highest BCUT2D eigenvalue weighted by Gasteiger charge is 2.40. The summed E-state index contributed by atoms with van der Waals surface area (Å²) in [5.74, 6) is -0.791. The maximum Gasteiger partial charge on any atom is 0.345 e. The molecule has 7 heteroatoms. The van der Waals surface area contributed by atoms with Crippen LogP contribution in [-0.2, 0) is 20.7 Å². The average Bonchev–Trinajstić information content (AvgIpc) is 3.07. The molecule has 7 nitrogen and oxygen atoms in total. The minimum absolute atomic E-state index is 0.0642. The van der Waals surface area contributed by atoms with Crippen LogP contribution in [0.1, 0.15) is 73.7 Å². The zero-order chi connectivity index (χ0) is 21.9. The second kappa shape index (κ2) is 8.81. The number of aryl methyl sites for hydroxylation is 1. The number of hydrogen-bond donors (Lipinski definition) is 0. The molecule has 2 aromatic rings. The molecular weight excluding hydrogens is 384 g/mol. The summed E-state index contributed by atoms with van der Waals surface area (Å²) in [6, 6.07) is 9.36. The van der Waals surface area contributed by atoms with E-state index in [-0.39, 0.29) is 11.5 Å². The summed E-state index contributed by atoms with van der Waals surface area (Å²) >= 11 is 0. The van der Waals surface area contributed by atoms with Gasteiger partial charge in [0.2, 0.25) is 0 Å². The smallest absolute Gasteiger partial charge is 0.345 e. The van der Waals surface area contributed by atoms with Crippen LogP contribution in [-0.4, -0.2) is 34.2 Å². The molecule has 1 unspecified atom stereocenters. The Morgan fingerprint density at radius 3 is 2.53 bits per heavy atom. The molecule has 0 saturated carbocycles. The Balaban J connectivity index is 1.87. The number of aromatic nitrogens is 2. The fourth-order valence-corrected chi connectivity index (χ4v) is 3.83. The highest BCUT2D eigenvalue weighted by atomic mass is 16.6. The molecule has 0 amide bonds. The third-order valence-corrected chi connectivity index (χ3v) is 5.15. The number of esters is 2. The molecule has 0 radical (unpaired) electrons. The molecule has 2 atom stereocenters. The van der Waals surface area contributed by atoms with Crippen LogP contribution >= 0.6 is 0 Å². The van der Waals surface area contributed by atoms with Gasteiger partial charge in [-0.2, -0.15) is 0 Å². The quantitative estimate of drug-likeness (QED) is 0.676. The Morgan fingerprint density at radius 2 is 1.90 bits per heavy atom. The zero-order valence-corrected chi connectivity index (χ0v) is 17.9. The summed E-state index contributed by atoms with van der Waals surface area (Å²) in [5.41, 5.74) is -0.182. The Hall–Kier alpha value is -2.96. The van der Waals surface area contributed by atoms with Gasteiger partial charge in [0, 0.05) is 12.1 Å². The van der Waals surface area contributed by atoms with E-state index in [0.29, 0.717) is 12.2 Å². The summed E-state index contributed by atoms with van der Waals surface area (Å²) in [6.45, 7) is 5.35. The maximum atomic E-state index is 13.0. The molecule has 30 heavy (non-hydrogen) atoms. The number of carbonyl (C=O) groups is 2. The molecule has 1 aliphatic heterocycles. The first-order chi connectivity index (χ1) is 14.2. The molecule has 1 aromatic heterocycles. The molecule has 0 fully saturated rings. The molecular formula is C23H28N2O5. The third-order valence-electron chi connectivity index (χ3n) is 5.15. The highest BCUT2D eigenvalue weighted by Crippen LogP contribution is 2.38. The van der Waals surface area contributed by atoms with Crippen LogP contribution in [0, 0.1) is 0 Å². The largest absolute Gasteiger partial charge is 0.465 e. The molecule has 2 heterocycles. The van der Waals surface area contributed by atoms with Gasteiger partial charge in [-0.15, -0.1) is 0 Å². The van der Waals surface area contributed by atoms with Gasteiger partial charge in [-0.25, -0.2) is 14.6 Å². The van der Waals surface area contributed by atoms with Crippen molar-refractivity contribution in [3.63, 3.8) is 0 Å². The van der Waals surface area contributed by atoms with E-state index in [1.165, 1.54) is 23.4 Å². The Labute approximate surface area is 176 Å². The molecule has 3 rings (SSSR count). The van der Waals surface area contributed by atoms with Crippen molar-refractivity contribution in [3.8, 4) is 0 Å². The van der Waals surface area contributed by atoms with Gasteiger partial charge in [0.05, 0.1) is 7.11 Å². The van der Waals surface area contributed by atoms with Gasteiger partial charge in [0.1, 0.15) is 23.0 Å². The lowest BCUT2D eigenvalue weighted by Crippen LogP contribution is -2.35. The van der Waals surface area contributed by atoms with Crippen molar-refractivity contribution in [1.82, 2.24) is 9.55 Å². The van der Waals surface area contributed by atoms with Crippen molar-refractivity contribution >= 4 is 11.9 Å². The summed E-state index contributed by atoms with van der Waals surface area (Å²) in [7, 11) is 1.21. The molecule has 0 saturated heterocycles. The van der Waals surface area contributed by atoms with Crippen molar-refractivity contribution in [1.29, 1.82) is 0 Å². The maximum absolute atomic E-state index is 13.0. The Bertz CT molecular complexity index is 975. The lowest BCUT2D eigenvalue weighted by atomic mass is 9.96. The molecule has 1 aromatic carbocycles. The van der Waals surface area contributed by atoms with E-state index in [1.807, 2.05) is 18.2 Å². The predicted octanol–water partition coefficient (Wildman–Crippen LogP) is 3.42. The number of rotatable bonds is 6. The summed E-state index contributed by atoms with van der Waals surface area (Å²) < 4.78 is 11.6. The summed E-state index contributed by atoms with van der Waals surface area (Å²) in [6.07, 6.45) is 4.25. The zero-order valence-electron chi connectivity index (χ0n) is 17.9. The van der Waals surface area contributed by atoms with Gasteiger partial charge in [-0.05, 0) is 52.0 Å². The van der Waals surface area contributed by atoms with E-state index in [9.17, 15) is 14.4 Å². The van der Waals surface area contributed by atoms with Gasteiger partial charge < -0.3 is 9.47 Å². The monoisotopic (exact) mass is 412 g/mol. The number of fused-ring (bicyclic) bond motifs is 1. The van der Waals surface area contributed by atoms with E-state index in [0.717, 1.165) is 19.3 Å². The fourth-order valence-electron chi connectivity index (χ4n) is 3.83. The Kier molecular flexibility index (Phi) is 6.39. The molecule has 160 valence electrons. The fraction of sp³-hybridized carbons (Fsp3) is 0.478. The first-order valence-corrected chi connectivity index (χ1v) is 10.2. The second-order valence-corrected chi connectivity index (χ2v) is 8.56. The van der Waals surface area contributed by atoms with Gasteiger partial charge in [0.25, 0.3) is 5.56 Å². The van der Waals surface area contributed by atoms with Crippen LogP contribution in [0.15, 0.2) is 41.3 Å². The molecule has 1 aliphatic rings. The van der Waals surface area contributed by atoms with Crippen molar-refractivity contribution in [3.05, 3.63) is 63.8 Å². The SMILES string of the molecule is COC(=O)c1cnc2n(c1=O)[C@H](C(=O)OC(C)(C)C)CC2CCCc1ccccc1. The standard InChI is InChI=1S/C23H28N2O5/c1-23(2,3)30-22(28)18-13-16(12-8-11-15-9-6-5-7-10-15)19-24-14-17(21(27)29-4)20(26)25(18)19/h5-7,9-10,14,16,18H,8,11-13H2,1-4H3/t16?,18-/m0/s1. The first-order valence-electron chi connectivity index (χ1n) is 10.2. The van der Waals surface area contributed by atoms with E-state index in [1.54, 1.807) is 20.8 Å². The topological polar surface area (TPSA) is 87.5 Å². The number of carbonyl (C=O) groups excluding carboxylic acids is 2. The minimum atomic E-state index is -0.800. The summed E-state index contributed by atoms with van der Waals surface area (Å²) in [4.78, 5) is 42.2. The van der Waals surface area contributed by atoms with E-state index < -0.39 is 29.1 Å². The van der Waals surface area contributed by atoms with Crippen LogP contribution in [0.4, 0.5) is 0 Å². The van der Waals surface area contributed by atoms with Crippen molar-refractivity contribution in [2.75, 3.05) is 7.11 Å². The lowest BCUT2D eigenvalue weighted by molar-refractivity contribution is -0.159. The second-order valence-electron chi connectivity index (χ2n) is 8.56. The third kappa shape index (κ3) is 4.78. The van der Waals surface area contributed by atoms with Gasteiger partial charge >= 0.3 is 11.9 Å². The number of hydrogen-bond acceptors (Lipinski definition) is 6. The summed E-state index contributed by atoms with van der Waals surface area (Å²) in [5, 5.41) is 0. The highest BCUT2D eigenvalue weighted by molar-refractivity contribution is 5.88. The molecule has 0 bridgehead atoms. The number of benzene rings is 1. The number of methoxy groups -OCH3 is 1. The normalized spacial score (nSPS) is 18.0. The first kappa shape index (κ1) is 21.7. The van der Waals surface area contributed by atoms with Gasteiger partial charge in [0.15, 0.2) is 0 Å². The molecule has 0 spiro atoms. The van der Waals surface area contributed by atoms with Crippen molar-refractivity contribution in [2.45, 2.75) is 64.0 Å². The van der Waals surface area contributed by atoms with Gasteiger partial charge in [-0.1, -0.05) is 30.3 Å². The van der Waals surface area contributed by atoms with Crippen LogP contribution < -0.4 is 5.56 Å². The molecule has 0 N–H and O–H groups in total. The van der Waals surface area contributed by atoms with Crippen LogP contribution in [0.3, 0.4) is 0 Å². The van der Waals surface area contributed by atoms with Crippen LogP contribution in [0.25, 0.3) is 0 Å². The van der Waals surface area contributed by atoms with Gasteiger partial charge in [-0.3, -0.25) is 9.36 Å². The minimum Gasteiger partial charge on any atom is -0.465 e. The number of nitrogens with zero attached hydrogens (tertiary/aromatic N) is 2.